The fourth-order valence-electron chi connectivity index (χ4n) is 7.56. The lowest BCUT2D eigenvalue weighted by Gasteiger charge is -2.33. The lowest BCUT2D eigenvalue weighted by atomic mass is 9.67. The van der Waals surface area contributed by atoms with Crippen molar-refractivity contribution in [2.75, 3.05) is 0 Å². The number of hydrogen-bond acceptors (Lipinski definition) is 6. The molecule has 0 unspecified atom stereocenters. The predicted molar refractivity (Wildman–Crippen MR) is 198 cm³/mol. The average Bonchev–Trinajstić information content (AvgIpc) is 3.39. The second-order valence-electron chi connectivity index (χ2n) is 13.3. The van der Waals surface area contributed by atoms with Crippen molar-refractivity contribution in [3.8, 4) is 22.6 Å². The average molecular weight is 677 g/mol. The summed E-state index contributed by atoms with van der Waals surface area (Å²) in [4.78, 5) is 23.4. The highest BCUT2D eigenvalue weighted by Gasteiger charge is 2.47. The molecule has 0 aliphatic heterocycles. The Morgan fingerprint density at radius 1 is 0.490 bits per heavy atom. The maximum Gasteiger partial charge on any atom is 0.269 e. The van der Waals surface area contributed by atoms with E-state index in [0.717, 1.165) is 55.6 Å². The number of ether oxygens (including phenoxy) is 2. The zero-order chi connectivity index (χ0) is 35.9. The summed E-state index contributed by atoms with van der Waals surface area (Å²) in [7, 11) is 0. The van der Waals surface area contributed by atoms with Gasteiger partial charge in [0.1, 0.15) is 24.7 Å². The molecule has 0 spiro atoms. The number of fused-ring (bicyclic) bond motifs is 3. The Morgan fingerprint density at radius 2 is 0.843 bits per heavy atom. The van der Waals surface area contributed by atoms with Crippen molar-refractivity contribution in [3.05, 3.63) is 197 Å². The largest absolute Gasteiger partial charge is 0.489 e. The quantitative estimate of drug-likeness (QED) is 0.105. The van der Waals surface area contributed by atoms with Crippen LogP contribution in [0.4, 0.5) is 11.4 Å². The smallest absolute Gasteiger partial charge is 0.269 e. The van der Waals surface area contributed by atoms with Gasteiger partial charge in [-0.3, -0.25) is 20.2 Å². The minimum Gasteiger partial charge on any atom is -0.489 e. The molecule has 1 aliphatic carbocycles. The Balaban J connectivity index is 1.35. The van der Waals surface area contributed by atoms with Gasteiger partial charge in [-0.15, -0.1) is 0 Å². The van der Waals surface area contributed by atoms with Gasteiger partial charge in [0, 0.05) is 24.3 Å². The lowest BCUT2D eigenvalue weighted by Crippen LogP contribution is -2.28. The van der Waals surface area contributed by atoms with E-state index in [4.69, 9.17) is 9.47 Å². The summed E-state index contributed by atoms with van der Waals surface area (Å²) in [6, 6.07) is 37.5. The Hall–Kier alpha value is -6.28. The number of aryl methyl sites for hydroxylation is 4. The summed E-state index contributed by atoms with van der Waals surface area (Å²) < 4.78 is 12.4. The number of nitrogens with zero attached hydrogens (tertiary/aromatic N) is 2. The van der Waals surface area contributed by atoms with Crippen molar-refractivity contribution in [3.63, 3.8) is 0 Å². The van der Waals surface area contributed by atoms with Crippen LogP contribution in [0, 0.1) is 47.9 Å². The first-order valence-corrected chi connectivity index (χ1v) is 16.7. The van der Waals surface area contributed by atoms with Crippen molar-refractivity contribution < 1.29 is 19.3 Å². The number of non-ortho nitro benzene ring substituents is 2. The number of nitro groups is 2. The fourth-order valence-corrected chi connectivity index (χ4v) is 7.56. The normalized spacial score (nSPS) is 12.5. The summed E-state index contributed by atoms with van der Waals surface area (Å²) >= 11 is 0. The molecule has 0 radical (unpaired) electrons. The summed E-state index contributed by atoms with van der Waals surface area (Å²) in [5.74, 6) is 1.31. The van der Waals surface area contributed by atoms with Crippen LogP contribution in [0.1, 0.15) is 55.6 Å². The van der Waals surface area contributed by atoms with Crippen LogP contribution in [0.2, 0.25) is 0 Å². The molecule has 0 heterocycles. The van der Waals surface area contributed by atoms with Crippen molar-refractivity contribution in [2.45, 2.75) is 46.3 Å². The maximum absolute atomic E-state index is 12.1. The third-order valence-corrected chi connectivity index (χ3v) is 9.47. The van der Waals surface area contributed by atoms with Gasteiger partial charge in [-0.1, -0.05) is 82.9 Å². The van der Waals surface area contributed by atoms with E-state index in [-0.39, 0.29) is 11.4 Å². The highest BCUT2D eigenvalue weighted by atomic mass is 16.6. The summed E-state index contributed by atoms with van der Waals surface area (Å²) in [6.45, 7) is 9.00. The van der Waals surface area contributed by atoms with Gasteiger partial charge in [-0.05, 0) is 109 Å². The van der Waals surface area contributed by atoms with Crippen LogP contribution in [-0.2, 0) is 18.6 Å². The molecular weight excluding hydrogens is 640 g/mol. The molecule has 7 rings (SSSR count). The fraction of sp³-hybridized carbons (Fsp3) is 0.163. The monoisotopic (exact) mass is 676 g/mol. The molecule has 8 nitrogen and oxygen atoms in total. The molecule has 1 aliphatic rings. The van der Waals surface area contributed by atoms with Gasteiger partial charge in [0.2, 0.25) is 0 Å². The summed E-state index contributed by atoms with van der Waals surface area (Å²) in [5.41, 5.74) is 9.96. The Labute approximate surface area is 296 Å². The molecule has 0 amide bonds. The molecule has 0 fully saturated rings. The van der Waals surface area contributed by atoms with Gasteiger partial charge in [0.15, 0.2) is 0 Å². The second-order valence-corrected chi connectivity index (χ2v) is 13.3. The molecule has 254 valence electrons. The molecule has 0 saturated heterocycles. The topological polar surface area (TPSA) is 105 Å². The van der Waals surface area contributed by atoms with Gasteiger partial charge >= 0.3 is 0 Å². The van der Waals surface area contributed by atoms with Crippen LogP contribution in [0.5, 0.6) is 11.5 Å². The first kappa shape index (κ1) is 33.2. The Bertz CT molecular complexity index is 2110. The number of nitro benzene ring substituents is 2. The molecule has 0 atom stereocenters. The van der Waals surface area contributed by atoms with E-state index in [2.05, 4.69) is 64.1 Å². The maximum atomic E-state index is 12.1. The van der Waals surface area contributed by atoms with Gasteiger partial charge < -0.3 is 9.47 Å². The second kappa shape index (κ2) is 13.2. The van der Waals surface area contributed by atoms with Crippen molar-refractivity contribution in [1.29, 1.82) is 0 Å². The number of rotatable bonds is 10. The SMILES string of the molecule is Cc1cc(C)cc(COc2ccc(C3(c4ccc(OCc5cc(C)cc(C)c5)cc4)c4cc([N+](=O)[O-])ccc4-c4ccc([N+](=O)[O-])cc43)cc2)c1. The number of hydrogen-bond donors (Lipinski definition) is 0. The van der Waals surface area contributed by atoms with Gasteiger partial charge in [0.25, 0.3) is 11.4 Å². The highest BCUT2D eigenvalue weighted by Crippen LogP contribution is 2.57. The van der Waals surface area contributed by atoms with Gasteiger partial charge in [0.05, 0.1) is 15.3 Å². The summed E-state index contributed by atoms with van der Waals surface area (Å²) in [6.07, 6.45) is 0. The molecular formula is C43H36N2O6. The summed E-state index contributed by atoms with van der Waals surface area (Å²) in [5, 5.41) is 24.3. The van der Waals surface area contributed by atoms with Crippen LogP contribution in [0.25, 0.3) is 11.1 Å². The van der Waals surface area contributed by atoms with Crippen LogP contribution in [0.3, 0.4) is 0 Å². The van der Waals surface area contributed by atoms with Crippen molar-refractivity contribution in [1.82, 2.24) is 0 Å². The minimum atomic E-state index is -1.12. The van der Waals surface area contributed by atoms with Gasteiger partial charge in [-0.2, -0.15) is 0 Å². The minimum absolute atomic E-state index is 0.0674. The van der Waals surface area contributed by atoms with E-state index in [1.54, 1.807) is 24.3 Å². The van der Waals surface area contributed by atoms with Gasteiger partial charge in [-0.25, -0.2) is 0 Å². The zero-order valence-electron chi connectivity index (χ0n) is 28.8. The van der Waals surface area contributed by atoms with Crippen molar-refractivity contribution >= 4 is 11.4 Å². The lowest BCUT2D eigenvalue weighted by molar-refractivity contribution is -0.385. The molecule has 6 aromatic carbocycles. The van der Waals surface area contributed by atoms with Crippen molar-refractivity contribution in [2.24, 2.45) is 0 Å². The predicted octanol–water partition coefficient (Wildman–Crippen LogP) is 10.3. The third kappa shape index (κ3) is 6.32. The standard InChI is InChI=1S/C43H36N2O6/c1-27-17-28(2)20-31(19-27)25-50-37-11-5-33(6-12-37)43(34-7-13-38(14-8-34)51-26-32-21-29(3)18-30(4)22-32)41-23-35(44(46)47)9-15-39(41)40-16-10-36(45(48)49)24-42(40)43/h5-24H,25-26H2,1-4H3. The van der Waals surface area contributed by atoms with Crippen LogP contribution >= 0.6 is 0 Å². The first-order valence-electron chi connectivity index (χ1n) is 16.7. The van der Waals surface area contributed by atoms with E-state index in [9.17, 15) is 20.2 Å². The molecule has 0 bridgehead atoms. The van der Waals surface area contributed by atoms with Crippen LogP contribution in [0.15, 0.2) is 121 Å². The van der Waals surface area contributed by atoms with Crippen LogP contribution < -0.4 is 9.47 Å². The van der Waals surface area contributed by atoms with Crippen LogP contribution in [-0.4, -0.2) is 9.85 Å². The Kier molecular flexibility index (Phi) is 8.61. The van der Waals surface area contributed by atoms with E-state index in [1.807, 2.05) is 48.5 Å². The first-order chi connectivity index (χ1) is 24.5. The third-order valence-electron chi connectivity index (χ3n) is 9.47. The molecule has 8 heteroatoms. The number of benzene rings is 6. The Morgan fingerprint density at radius 3 is 1.18 bits per heavy atom. The molecule has 6 aromatic rings. The molecule has 0 N–H and O–H groups in total. The van der Waals surface area contributed by atoms with E-state index < -0.39 is 15.3 Å². The zero-order valence-corrected chi connectivity index (χ0v) is 28.8. The molecule has 0 aromatic heterocycles. The molecule has 0 saturated carbocycles. The van der Waals surface area contributed by atoms with E-state index in [1.165, 1.54) is 12.1 Å². The highest BCUT2D eigenvalue weighted by molar-refractivity contribution is 5.88. The molecule has 51 heavy (non-hydrogen) atoms. The van der Waals surface area contributed by atoms with E-state index in [0.29, 0.717) is 35.8 Å². The van der Waals surface area contributed by atoms with E-state index >= 15 is 0 Å².